The molecule has 0 radical (unpaired) electrons. The lowest BCUT2D eigenvalue weighted by Gasteiger charge is -1.99. The molecule has 0 aromatic rings. The van der Waals surface area contributed by atoms with Gasteiger partial charge in [-0.2, -0.15) is 17.4 Å². The Morgan fingerprint density at radius 1 is 1.73 bits per heavy atom. The number of nitrogens with zero attached hydrogens (tertiary/aromatic N) is 2. The Morgan fingerprint density at radius 2 is 2.45 bits per heavy atom. The Balaban J connectivity index is 2.80. The molecule has 1 atom stereocenters. The quantitative estimate of drug-likeness (QED) is 0.297. The first-order chi connectivity index (χ1) is 5.25. The Labute approximate surface area is 70.0 Å². The van der Waals surface area contributed by atoms with Gasteiger partial charge in [-0.3, -0.25) is 4.79 Å². The number of hydrogen-bond donors (Lipinski definition) is 2. The lowest BCUT2D eigenvalue weighted by molar-refractivity contribution is -0.119. The van der Waals surface area contributed by atoms with Gasteiger partial charge in [-0.15, -0.1) is 0 Å². The van der Waals surface area contributed by atoms with Crippen LogP contribution in [0.5, 0.6) is 0 Å². The highest BCUT2D eigenvalue weighted by molar-refractivity contribution is 7.82. The van der Waals surface area contributed by atoms with Crippen LogP contribution in [0.4, 0.5) is 0 Å². The summed E-state index contributed by atoms with van der Waals surface area (Å²) in [5.74, 6) is -0.182. The third-order valence-corrected chi connectivity index (χ3v) is 2.13. The molecule has 1 N–H and O–H groups in total. The van der Waals surface area contributed by atoms with E-state index in [-0.39, 0.29) is 5.91 Å². The Bertz CT molecular complexity index is 222. The Morgan fingerprint density at radius 3 is 3.09 bits per heavy atom. The van der Waals surface area contributed by atoms with Crippen molar-refractivity contribution in [3.8, 4) is 0 Å². The molecule has 1 saturated heterocycles. The fraction of sp³-hybridized carbons (Fsp3) is 0.667. The molecule has 0 aromatic carbocycles. The van der Waals surface area contributed by atoms with Gasteiger partial charge in [0.05, 0.1) is 0 Å². The minimum Gasteiger partial charge on any atom is -0.362 e. The van der Waals surface area contributed by atoms with E-state index in [4.69, 9.17) is 5.53 Å². The SMILES string of the molecule is [N-]=[N+]=C1CCCNC(=O)C1S. The molecule has 0 spiro atoms. The van der Waals surface area contributed by atoms with Crippen molar-refractivity contribution in [2.45, 2.75) is 18.1 Å². The van der Waals surface area contributed by atoms with Crippen LogP contribution in [-0.2, 0) is 4.79 Å². The first-order valence-electron chi connectivity index (χ1n) is 3.42. The minimum atomic E-state index is -0.581. The van der Waals surface area contributed by atoms with Gasteiger partial charge in [0.25, 0.3) is 5.71 Å². The first kappa shape index (κ1) is 8.30. The van der Waals surface area contributed by atoms with Crippen LogP contribution in [0, 0.1) is 0 Å². The summed E-state index contributed by atoms with van der Waals surface area (Å²) in [7, 11) is 0. The highest BCUT2D eigenvalue weighted by atomic mass is 32.1. The molecule has 5 heteroatoms. The summed E-state index contributed by atoms with van der Waals surface area (Å²) < 4.78 is 0. The molecule has 1 heterocycles. The number of amides is 1. The average molecular weight is 171 g/mol. The van der Waals surface area contributed by atoms with E-state index in [9.17, 15) is 4.79 Å². The van der Waals surface area contributed by atoms with E-state index in [0.29, 0.717) is 18.7 Å². The molecular weight excluding hydrogens is 162 g/mol. The van der Waals surface area contributed by atoms with Gasteiger partial charge < -0.3 is 10.8 Å². The maximum absolute atomic E-state index is 11.0. The van der Waals surface area contributed by atoms with Gasteiger partial charge >= 0.3 is 0 Å². The molecule has 1 aliphatic heterocycles. The van der Waals surface area contributed by atoms with Crippen molar-refractivity contribution in [3.05, 3.63) is 5.53 Å². The molecule has 0 aliphatic carbocycles. The van der Waals surface area contributed by atoms with Crippen molar-refractivity contribution >= 4 is 24.2 Å². The molecule has 1 rings (SSSR count). The normalized spacial score (nSPS) is 25.4. The summed E-state index contributed by atoms with van der Waals surface area (Å²) in [6.07, 6.45) is 1.44. The topological polar surface area (TPSA) is 65.5 Å². The van der Waals surface area contributed by atoms with Crippen LogP contribution < -0.4 is 5.32 Å². The lowest BCUT2D eigenvalue weighted by atomic mass is 10.2. The van der Waals surface area contributed by atoms with Crippen molar-refractivity contribution in [1.82, 2.24) is 5.32 Å². The van der Waals surface area contributed by atoms with Crippen molar-refractivity contribution in [2.75, 3.05) is 6.54 Å². The summed E-state index contributed by atoms with van der Waals surface area (Å²) in [6.45, 7) is 0.634. The second-order valence-corrected chi connectivity index (χ2v) is 2.90. The van der Waals surface area contributed by atoms with Crippen LogP contribution >= 0.6 is 12.6 Å². The number of carbonyl (C=O) groups is 1. The van der Waals surface area contributed by atoms with Gasteiger partial charge in [-0.1, -0.05) is 0 Å². The van der Waals surface area contributed by atoms with Crippen LogP contribution in [-0.4, -0.2) is 28.2 Å². The van der Waals surface area contributed by atoms with Crippen molar-refractivity contribution in [2.24, 2.45) is 0 Å². The minimum absolute atomic E-state index is 0.182. The summed E-state index contributed by atoms with van der Waals surface area (Å²) in [5.41, 5.74) is 8.91. The first-order valence-corrected chi connectivity index (χ1v) is 3.94. The predicted molar refractivity (Wildman–Crippen MR) is 43.6 cm³/mol. The van der Waals surface area contributed by atoms with Crippen LogP contribution in [0.1, 0.15) is 12.8 Å². The average Bonchev–Trinajstić information content (AvgIpc) is 2.16. The fourth-order valence-electron chi connectivity index (χ4n) is 0.971. The van der Waals surface area contributed by atoms with Gasteiger partial charge in [-0.05, 0) is 6.42 Å². The van der Waals surface area contributed by atoms with Gasteiger partial charge in [0, 0.05) is 13.0 Å². The van der Waals surface area contributed by atoms with E-state index in [1.54, 1.807) is 0 Å². The number of carbonyl (C=O) groups excluding carboxylic acids is 1. The molecule has 4 nitrogen and oxygen atoms in total. The van der Waals surface area contributed by atoms with Gasteiger partial charge in [0.1, 0.15) is 0 Å². The summed E-state index contributed by atoms with van der Waals surface area (Å²) in [6, 6.07) is 0. The van der Waals surface area contributed by atoms with Crippen LogP contribution in [0.25, 0.3) is 5.53 Å². The van der Waals surface area contributed by atoms with Crippen LogP contribution in [0.3, 0.4) is 0 Å². The third kappa shape index (κ3) is 1.82. The molecule has 1 aliphatic rings. The maximum atomic E-state index is 11.0. The predicted octanol–water partition coefficient (Wildman–Crippen LogP) is -0.134. The van der Waals surface area contributed by atoms with E-state index in [1.165, 1.54) is 0 Å². The summed E-state index contributed by atoms with van der Waals surface area (Å²) >= 11 is 4.00. The van der Waals surface area contributed by atoms with Gasteiger partial charge in [0.2, 0.25) is 5.91 Å². The van der Waals surface area contributed by atoms with E-state index >= 15 is 0 Å². The highest BCUT2D eigenvalue weighted by Gasteiger charge is 2.28. The largest absolute Gasteiger partial charge is 0.362 e. The molecule has 11 heavy (non-hydrogen) atoms. The van der Waals surface area contributed by atoms with Crippen molar-refractivity contribution < 1.29 is 9.58 Å². The zero-order chi connectivity index (χ0) is 8.27. The van der Waals surface area contributed by atoms with E-state index in [1.807, 2.05) is 0 Å². The van der Waals surface area contributed by atoms with Crippen molar-refractivity contribution in [3.63, 3.8) is 0 Å². The van der Waals surface area contributed by atoms with Gasteiger partial charge in [-0.25, -0.2) is 0 Å². The summed E-state index contributed by atoms with van der Waals surface area (Å²) in [5, 5.41) is 2.07. The third-order valence-electron chi connectivity index (χ3n) is 1.60. The van der Waals surface area contributed by atoms with Gasteiger partial charge in [0.15, 0.2) is 5.25 Å². The summed E-state index contributed by atoms with van der Waals surface area (Å²) in [4.78, 5) is 14.0. The second-order valence-electron chi connectivity index (χ2n) is 2.39. The monoisotopic (exact) mass is 171 g/mol. The fourth-order valence-corrected chi connectivity index (χ4v) is 1.24. The zero-order valence-electron chi connectivity index (χ0n) is 5.95. The molecular formula is C6H9N3OS. The Kier molecular flexibility index (Phi) is 2.68. The van der Waals surface area contributed by atoms with Crippen LogP contribution in [0.2, 0.25) is 0 Å². The Hall–Kier alpha value is -0.800. The zero-order valence-corrected chi connectivity index (χ0v) is 6.84. The molecule has 1 fully saturated rings. The molecule has 60 valence electrons. The molecule has 0 bridgehead atoms. The number of rotatable bonds is 0. The highest BCUT2D eigenvalue weighted by Crippen LogP contribution is 2.06. The molecule has 1 amide bonds. The molecule has 1 unspecified atom stereocenters. The van der Waals surface area contributed by atoms with E-state index in [2.05, 4.69) is 22.7 Å². The van der Waals surface area contributed by atoms with Crippen molar-refractivity contribution in [1.29, 1.82) is 0 Å². The number of thiol groups is 1. The molecule has 0 saturated carbocycles. The molecule has 0 aromatic heterocycles. The number of nitrogens with one attached hydrogen (secondary N) is 1. The second kappa shape index (κ2) is 3.55. The van der Waals surface area contributed by atoms with Crippen LogP contribution in [0.15, 0.2) is 0 Å². The smallest absolute Gasteiger partial charge is 0.290 e. The van der Waals surface area contributed by atoms with E-state index < -0.39 is 5.25 Å². The number of hydrogen-bond acceptors (Lipinski definition) is 2. The standard InChI is InChI=1S/C6H9N3OS/c7-9-4-2-1-3-8-6(10)5(4)11/h5,11H,1-3H2,(H,8,10). The maximum Gasteiger partial charge on any atom is 0.290 e. The van der Waals surface area contributed by atoms with E-state index in [0.717, 1.165) is 6.42 Å². The lowest BCUT2D eigenvalue weighted by Crippen LogP contribution is -2.33.